The largest absolute Gasteiger partial charge is 0.103 e. The lowest BCUT2D eigenvalue weighted by Crippen LogP contribution is -2.12. The number of rotatable bonds is 4. The minimum absolute atomic E-state index is 0.787. The highest BCUT2D eigenvalue weighted by molar-refractivity contribution is 5.26. The van der Waals surface area contributed by atoms with Gasteiger partial charge in [-0.05, 0) is 68.4 Å². The summed E-state index contributed by atoms with van der Waals surface area (Å²) in [6.07, 6.45) is 9.61. The summed E-state index contributed by atoms with van der Waals surface area (Å²) in [6, 6.07) is 9.08. The molecular formula is C17H23. The summed E-state index contributed by atoms with van der Waals surface area (Å²) < 4.78 is 0. The zero-order chi connectivity index (χ0) is 12.1. The molecule has 0 unspecified atom stereocenters. The monoisotopic (exact) mass is 227 g/mol. The first-order valence-corrected chi connectivity index (χ1v) is 6.82. The molecule has 17 heavy (non-hydrogen) atoms. The molecule has 91 valence electrons. The molecule has 0 heteroatoms. The molecule has 0 N–H and O–H groups in total. The van der Waals surface area contributed by atoms with Gasteiger partial charge in [-0.25, -0.2) is 0 Å². The normalized spacial score (nSPS) is 24.5. The standard InChI is InChI=1S/C17H23/c1-3-5-15-8-12-17(13-9-15)16-10-6-14(4-2)7-11-16/h3,6-7,10-11,15,17H,1-2,4-5,8-9,12-13H2. The Morgan fingerprint density at radius 3 is 2.24 bits per heavy atom. The van der Waals surface area contributed by atoms with Crippen LogP contribution in [0.25, 0.3) is 0 Å². The van der Waals surface area contributed by atoms with Gasteiger partial charge in [0.15, 0.2) is 0 Å². The third-order valence-electron chi connectivity index (χ3n) is 4.09. The van der Waals surface area contributed by atoms with Crippen LogP contribution in [-0.2, 0) is 6.42 Å². The van der Waals surface area contributed by atoms with E-state index in [-0.39, 0.29) is 0 Å². The average molecular weight is 227 g/mol. The van der Waals surface area contributed by atoms with Crippen molar-refractivity contribution in [2.24, 2.45) is 5.92 Å². The van der Waals surface area contributed by atoms with Crippen LogP contribution < -0.4 is 0 Å². The molecule has 1 fully saturated rings. The van der Waals surface area contributed by atoms with Gasteiger partial charge in [-0.3, -0.25) is 0 Å². The van der Waals surface area contributed by atoms with E-state index < -0.39 is 0 Å². The van der Waals surface area contributed by atoms with Crippen molar-refractivity contribution in [1.29, 1.82) is 0 Å². The van der Waals surface area contributed by atoms with Crippen molar-refractivity contribution in [2.75, 3.05) is 0 Å². The maximum absolute atomic E-state index is 3.92. The molecule has 1 aliphatic rings. The van der Waals surface area contributed by atoms with Crippen LogP contribution in [0.1, 0.15) is 49.1 Å². The van der Waals surface area contributed by atoms with E-state index in [0.29, 0.717) is 0 Å². The predicted octanol–water partition coefficient (Wildman–Crippen LogP) is 4.91. The fraction of sp³-hybridized carbons (Fsp3) is 0.471. The maximum atomic E-state index is 3.92. The second-order valence-corrected chi connectivity index (χ2v) is 5.23. The molecule has 1 radical (unpaired) electrons. The summed E-state index contributed by atoms with van der Waals surface area (Å²) in [6.45, 7) is 7.76. The minimum atomic E-state index is 0.787. The highest BCUT2D eigenvalue weighted by Gasteiger charge is 2.21. The zero-order valence-corrected chi connectivity index (χ0v) is 10.7. The van der Waals surface area contributed by atoms with Gasteiger partial charge >= 0.3 is 0 Å². The van der Waals surface area contributed by atoms with E-state index >= 15 is 0 Å². The van der Waals surface area contributed by atoms with Gasteiger partial charge in [0, 0.05) is 0 Å². The Bertz CT molecular complexity index is 339. The minimum Gasteiger partial charge on any atom is -0.103 e. The molecule has 1 aromatic rings. The number of benzene rings is 1. The molecule has 1 aliphatic carbocycles. The van der Waals surface area contributed by atoms with Crippen LogP contribution in [-0.4, -0.2) is 0 Å². The quantitative estimate of drug-likeness (QED) is 0.641. The average Bonchev–Trinajstić information content (AvgIpc) is 2.40. The summed E-state index contributed by atoms with van der Waals surface area (Å²) in [5.41, 5.74) is 2.87. The van der Waals surface area contributed by atoms with E-state index in [4.69, 9.17) is 0 Å². The topological polar surface area (TPSA) is 0 Å². The Morgan fingerprint density at radius 1 is 1.06 bits per heavy atom. The molecule has 0 nitrogen and oxygen atoms in total. The Hall–Kier alpha value is -1.04. The van der Waals surface area contributed by atoms with Gasteiger partial charge < -0.3 is 0 Å². The Labute approximate surface area is 106 Å². The van der Waals surface area contributed by atoms with Crippen LogP contribution in [0, 0.1) is 12.8 Å². The van der Waals surface area contributed by atoms with Crippen LogP contribution >= 0.6 is 0 Å². The van der Waals surface area contributed by atoms with Crippen LogP contribution in [0.5, 0.6) is 0 Å². The Balaban J connectivity index is 1.93. The van der Waals surface area contributed by atoms with Crippen LogP contribution in [0.3, 0.4) is 0 Å². The highest BCUT2D eigenvalue weighted by Crippen LogP contribution is 2.37. The molecule has 0 spiro atoms. The Kier molecular flexibility index (Phi) is 4.42. The smallest absolute Gasteiger partial charge is 0.0162 e. The van der Waals surface area contributed by atoms with Crippen LogP contribution in [0.2, 0.25) is 0 Å². The van der Waals surface area contributed by atoms with Crippen molar-refractivity contribution in [1.82, 2.24) is 0 Å². The van der Waals surface area contributed by atoms with Gasteiger partial charge in [-0.15, -0.1) is 6.58 Å². The summed E-state index contributed by atoms with van der Waals surface area (Å²) in [4.78, 5) is 0. The van der Waals surface area contributed by atoms with Gasteiger partial charge in [0.2, 0.25) is 0 Å². The van der Waals surface area contributed by atoms with Gasteiger partial charge in [-0.1, -0.05) is 30.3 Å². The second kappa shape index (κ2) is 6.05. The van der Waals surface area contributed by atoms with Crippen molar-refractivity contribution in [3.8, 4) is 0 Å². The summed E-state index contributed by atoms with van der Waals surface area (Å²) in [5.74, 6) is 1.68. The van der Waals surface area contributed by atoms with E-state index in [1.54, 1.807) is 0 Å². The van der Waals surface area contributed by atoms with Crippen molar-refractivity contribution < 1.29 is 0 Å². The molecular weight excluding hydrogens is 204 g/mol. The van der Waals surface area contributed by atoms with E-state index in [1.807, 2.05) is 0 Å². The maximum Gasteiger partial charge on any atom is -0.0162 e. The lowest BCUT2D eigenvalue weighted by atomic mass is 9.77. The van der Waals surface area contributed by atoms with E-state index in [9.17, 15) is 0 Å². The van der Waals surface area contributed by atoms with E-state index in [2.05, 4.69) is 43.8 Å². The van der Waals surface area contributed by atoms with E-state index in [0.717, 1.165) is 18.3 Å². The van der Waals surface area contributed by atoms with Crippen LogP contribution in [0.15, 0.2) is 36.9 Å². The fourth-order valence-corrected chi connectivity index (χ4v) is 2.92. The summed E-state index contributed by atoms with van der Waals surface area (Å²) >= 11 is 0. The molecule has 1 aromatic carbocycles. The third kappa shape index (κ3) is 3.21. The molecule has 0 heterocycles. The first-order valence-electron chi connectivity index (χ1n) is 6.82. The van der Waals surface area contributed by atoms with Gasteiger partial charge in [0.1, 0.15) is 0 Å². The summed E-state index contributed by atoms with van der Waals surface area (Å²) in [7, 11) is 0. The Morgan fingerprint density at radius 2 is 1.71 bits per heavy atom. The predicted molar refractivity (Wildman–Crippen MR) is 75.0 cm³/mol. The van der Waals surface area contributed by atoms with Crippen molar-refractivity contribution in [3.05, 3.63) is 55.0 Å². The first-order chi connectivity index (χ1) is 8.33. The first kappa shape index (κ1) is 12.4. The highest BCUT2D eigenvalue weighted by atomic mass is 14.3. The third-order valence-corrected chi connectivity index (χ3v) is 4.09. The van der Waals surface area contributed by atoms with Gasteiger partial charge in [0.25, 0.3) is 0 Å². The zero-order valence-electron chi connectivity index (χ0n) is 10.7. The van der Waals surface area contributed by atoms with Crippen molar-refractivity contribution >= 4 is 0 Å². The SMILES string of the molecule is [CH2]Cc1ccc(C2CCC(CC=C)CC2)cc1. The fourth-order valence-electron chi connectivity index (χ4n) is 2.92. The molecule has 0 saturated heterocycles. The van der Waals surface area contributed by atoms with Gasteiger partial charge in [-0.2, -0.15) is 0 Å². The van der Waals surface area contributed by atoms with Gasteiger partial charge in [0.05, 0.1) is 0 Å². The van der Waals surface area contributed by atoms with Crippen LogP contribution in [0.4, 0.5) is 0 Å². The lowest BCUT2D eigenvalue weighted by Gasteiger charge is -2.28. The second-order valence-electron chi connectivity index (χ2n) is 5.23. The summed E-state index contributed by atoms with van der Waals surface area (Å²) in [5, 5.41) is 0. The molecule has 0 bridgehead atoms. The number of allylic oxidation sites excluding steroid dienone is 1. The molecule has 0 aromatic heterocycles. The number of hydrogen-bond acceptors (Lipinski definition) is 0. The van der Waals surface area contributed by atoms with Crippen molar-refractivity contribution in [3.63, 3.8) is 0 Å². The van der Waals surface area contributed by atoms with E-state index in [1.165, 1.54) is 43.2 Å². The van der Waals surface area contributed by atoms with Crippen molar-refractivity contribution in [2.45, 2.75) is 44.4 Å². The molecule has 1 saturated carbocycles. The molecule has 0 amide bonds. The lowest BCUT2D eigenvalue weighted by molar-refractivity contribution is 0.328. The molecule has 0 atom stereocenters. The number of hydrogen-bond donors (Lipinski definition) is 0. The molecule has 0 aliphatic heterocycles. The molecule has 2 rings (SSSR count).